The molecule has 11 heteroatoms. The fraction of sp³-hybridized carbons (Fsp3) is 0.258. The van der Waals surface area contributed by atoms with Gasteiger partial charge in [-0.1, -0.05) is 36.4 Å². The van der Waals surface area contributed by atoms with Crippen molar-refractivity contribution >= 4 is 11.8 Å². The molecule has 218 valence electrons. The highest BCUT2D eigenvalue weighted by Gasteiger charge is 2.12. The number of aromatic amines is 2. The molecule has 2 aromatic carbocycles. The maximum Gasteiger partial charge on any atom is 0.411 e. The normalized spacial score (nSPS) is 10.7. The Morgan fingerprint density at radius 2 is 1.62 bits per heavy atom. The van der Waals surface area contributed by atoms with E-state index >= 15 is 0 Å². The first-order valence-corrected chi connectivity index (χ1v) is 13.8. The molecule has 3 aromatic heterocycles. The van der Waals surface area contributed by atoms with Crippen molar-refractivity contribution in [1.82, 2.24) is 34.6 Å². The zero-order valence-electron chi connectivity index (χ0n) is 24.1. The van der Waals surface area contributed by atoms with Crippen LogP contribution in [-0.2, 0) is 30.9 Å². The van der Waals surface area contributed by atoms with Crippen LogP contribution in [-0.4, -0.2) is 47.3 Å². The van der Waals surface area contributed by atoms with Crippen molar-refractivity contribution in [2.24, 2.45) is 0 Å². The Kier molecular flexibility index (Phi) is 10.8. The molecule has 0 radical (unpaired) electrons. The molecular weight excluding hydrogens is 532 g/mol. The van der Waals surface area contributed by atoms with Gasteiger partial charge in [0.15, 0.2) is 0 Å². The summed E-state index contributed by atoms with van der Waals surface area (Å²) < 4.78 is 6.21. The predicted octanol–water partition coefficient (Wildman–Crippen LogP) is 5.14. The molecule has 5 aromatic rings. The van der Waals surface area contributed by atoms with Gasteiger partial charge < -0.3 is 14.7 Å². The van der Waals surface area contributed by atoms with Gasteiger partial charge in [0.05, 0.1) is 25.4 Å². The third-order valence-electron chi connectivity index (χ3n) is 6.22. The maximum absolute atomic E-state index is 11.7. The first kappa shape index (κ1) is 29.9. The van der Waals surface area contributed by atoms with E-state index in [0.29, 0.717) is 26.2 Å². The van der Waals surface area contributed by atoms with Gasteiger partial charge in [-0.3, -0.25) is 15.0 Å². The number of benzene rings is 2. The van der Waals surface area contributed by atoms with Crippen molar-refractivity contribution in [3.05, 3.63) is 119 Å². The van der Waals surface area contributed by atoms with E-state index in [4.69, 9.17) is 4.74 Å². The average Bonchev–Trinajstić information content (AvgIpc) is 3.69. The smallest absolute Gasteiger partial charge is 0.411 e. The Balaban J connectivity index is 0.000000262. The number of H-pyrrole nitrogens is 2. The van der Waals surface area contributed by atoms with Crippen molar-refractivity contribution in [2.45, 2.75) is 47.0 Å². The molecule has 0 bridgehead atoms. The molecular formula is C31H36N8O3. The van der Waals surface area contributed by atoms with Crippen LogP contribution >= 0.6 is 0 Å². The van der Waals surface area contributed by atoms with Crippen LogP contribution in [0.2, 0.25) is 0 Å². The van der Waals surface area contributed by atoms with Crippen LogP contribution in [0.4, 0.5) is 10.5 Å². The lowest BCUT2D eigenvalue weighted by atomic mass is 10.1. The van der Waals surface area contributed by atoms with E-state index < -0.39 is 6.09 Å². The molecule has 0 fully saturated rings. The molecule has 0 aliphatic heterocycles. The van der Waals surface area contributed by atoms with Gasteiger partial charge in [-0.15, -0.1) is 0 Å². The van der Waals surface area contributed by atoms with Crippen molar-refractivity contribution in [2.75, 3.05) is 11.9 Å². The van der Waals surface area contributed by atoms with Gasteiger partial charge in [0.2, 0.25) is 0 Å². The number of aryl methyl sites for hydroxylation is 2. The number of amides is 1. The summed E-state index contributed by atoms with van der Waals surface area (Å²) in [4.78, 5) is 40.0. The van der Waals surface area contributed by atoms with E-state index in [1.165, 1.54) is 10.2 Å². The zero-order valence-corrected chi connectivity index (χ0v) is 24.1. The Morgan fingerprint density at radius 3 is 2.19 bits per heavy atom. The van der Waals surface area contributed by atoms with Crippen LogP contribution in [0.15, 0.2) is 90.2 Å². The zero-order chi connectivity index (χ0) is 29.7. The molecule has 11 nitrogen and oxygen atoms in total. The van der Waals surface area contributed by atoms with Gasteiger partial charge in [-0.05, 0) is 50.1 Å². The molecule has 0 saturated heterocycles. The third-order valence-corrected chi connectivity index (χ3v) is 6.22. The minimum atomic E-state index is -0.409. The molecule has 3 heterocycles. The monoisotopic (exact) mass is 568 g/mol. The van der Waals surface area contributed by atoms with Crippen LogP contribution in [0.5, 0.6) is 0 Å². The highest BCUT2D eigenvalue weighted by Crippen LogP contribution is 2.18. The fourth-order valence-electron chi connectivity index (χ4n) is 4.24. The number of nitrogens with zero attached hydrogens (tertiary/aromatic N) is 5. The van der Waals surface area contributed by atoms with Crippen LogP contribution in [0.3, 0.4) is 0 Å². The van der Waals surface area contributed by atoms with Crippen LogP contribution in [0.1, 0.15) is 36.6 Å². The number of ether oxygens (including phenoxy) is 1. The number of carbonyl (C=O) groups excluding carboxylic acids is 1. The van der Waals surface area contributed by atoms with Gasteiger partial charge in [0.1, 0.15) is 11.6 Å². The van der Waals surface area contributed by atoms with Crippen molar-refractivity contribution in [3.8, 4) is 11.3 Å². The van der Waals surface area contributed by atoms with Gasteiger partial charge >= 0.3 is 6.09 Å². The first-order chi connectivity index (χ1) is 20.4. The lowest BCUT2D eigenvalue weighted by molar-refractivity contribution is 0.168. The Morgan fingerprint density at radius 1 is 0.929 bits per heavy atom. The van der Waals surface area contributed by atoms with Gasteiger partial charge in [0.25, 0.3) is 5.56 Å². The van der Waals surface area contributed by atoms with Crippen molar-refractivity contribution in [1.29, 1.82) is 0 Å². The van der Waals surface area contributed by atoms with Crippen molar-refractivity contribution < 1.29 is 9.53 Å². The topological polar surface area (TPSA) is 134 Å². The number of anilines is 1. The van der Waals surface area contributed by atoms with Gasteiger partial charge in [-0.2, -0.15) is 5.10 Å². The Hall–Kier alpha value is -5.03. The molecule has 0 saturated carbocycles. The maximum atomic E-state index is 11.7. The van der Waals surface area contributed by atoms with E-state index in [0.717, 1.165) is 40.7 Å². The number of hydrogen-bond donors (Lipinski definition) is 3. The quantitative estimate of drug-likeness (QED) is 0.212. The lowest BCUT2D eigenvalue weighted by Gasteiger charge is -2.20. The summed E-state index contributed by atoms with van der Waals surface area (Å²) >= 11 is 0. The molecule has 1 amide bonds. The summed E-state index contributed by atoms with van der Waals surface area (Å²) in [6.45, 7) is 8.73. The molecule has 3 N–H and O–H groups in total. The molecule has 0 aliphatic rings. The second kappa shape index (κ2) is 15.1. The number of nitrogens with one attached hydrogen (secondary N) is 3. The standard InChI is InChI=1S/C21H23N7O.C10H13NO2/c1-2-28-21(29)8-7-18(26-28)17-5-3-16(4-6-17)13-27(14-19-22-9-10-23-19)15-20-24-11-12-25-20;1-3-13-10(12)11-9-6-4-5-8(2)7-9/h3-12H,2,13-15H2,1H3,(H,22,23)(H,24,25);4-7H,3H2,1-2H3,(H,11,12). The summed E-state index contributed by atoms with van der Waals surface area (Å²) in [5.74, 6) is 1.83. The van der Waals surface area contributed by atoms with Gasteiger partial charge in [-0.25, -0.2) is 19.4 Å². The summed E-state index contributed by atoms with van der Waals surface area (Å²) in [7, 11) is 0. The third kappa shape index (κ3) is 9.00. The minimum Gasteiger partial charge on any atom is -0.450 e. The predicted molar refractivity (Wildman–Crippen MR) is 162 cm³/mol. The molecule has 42 heavy (non-hydrogen) atoms. The molecule has 5 rings (SSSR count). The minimum absolute atomic E-state index is 0.0839. The fourth-order valence-corrected chi connectivity index (χ4v) is 4.24. The number of hydrogen-bond acceptors (Lipinski definition) is 7. The number of aromatic nitrogens is 6. The number of carbonyl (C=O) groups is 1. The number of imidazole rings is 2. The first-order valence-electron chi connectivity index (χ1n) is 13.8. The lowest BCUT2D eigenvalue weighted by Crippen LogP contribution is -2.23. The van der Waals surface area contributed by atoms with E-state index in [1.807, 2.05) is 62.6 Å². The Labute approximate surface area is 244 Å². The highest BCUT2D eigenvalue weighted by atomic mass is 16.5. The Bertz CT molecular complexity index is 1540. The van der Waals surface area contributed by atoms with E-state index in [-0.39, 0.29) is 5.56 Å². The van der Waals surface area contributed by atoms with Crippen LogP contribution in [0.25, 0.3) is 11.3 Å². The summed E-state index contributed by atoms with van der Waals surface area (Å²) in [6.07, 6.45) is 6.78. The van der Waals surface area contributed by atoms with Gasteiger partial charge in [0, 0.05) is 55.2 Å². The molecule has 0 unspecified atom stereocenters. The highest BCUT2D eigenvalue weighted by molar-refractivity contribution is 5.84. The average molecular weight is 569 g/mol. The van der Waals surface area contributed by atoms with Crippen LogP contribution in [0, 0.1) is 6.92 Å². The van der Waals surface area contributed by atoms with E-state index in [9.17, 15) is 9.59 Å². The van der Waals surface area contributed by atoms with E-state index in [2.05, 4.69) is 47.4 Å². The second-order valence-corrected chi connectivity index (χ2v) is 9.50. The second-order valence-electron chi connectivity index (χ2n) is 9.50. The summed E-state index contributed by atoms with van der Waals surface area (Å²) in [5.41, 5.74) is 4.74. The van der Waals surface area contributed by atoms with Crippen LogP contribution < -0.4 is 10.9 Å². The molecule has 0 spiro atoms. The summed E-state index contributed by atoms with van der Waals surface area (Å²) in [5, 5.41) is 7.04. The largest absolute Gasteiger partial charge is 0.450 e. The summed E-state index contributed by atoms with van der Waals surface area (Å²) in [6, 6.07) is 19.2. The molecule has 0 atom stereocenters. The number of rotatable bonds is 10. The van der Waals surface area contributed by atoms with E-state index in [1.54, 1.807) is 31.5 Å². The molecule has 0 aliphatic carbocycles. The SMILES string of the molecule is CCOC(=O)Nc1cccc(C)c1.CCn1nc(-c2ccc(CN(Cc3ncc[nH]3)Cc3ncc[nH]3)cc2)ccc1=O. The van der Waals surface area contributed by atoms with Crippen molar-refractivity contribution in [3.63, 3.8) is 0 Å².